The van der Waals surface area contributed by atoms with Crippen LogP contribution < -0.4 is 0 Å². The Labute approximate surface area is 223 Å². The minimum absolute atomic E-state index is 0.0896. The molecule has 2 rings (SSSR count). The molecule has 5 atom stereocenters. The number of rotatable bonds is 5. The second kappa shape index (κ2) is 13.8. The van der Waals surface area contributed by atoms with Crippen LogP contribution in [0, 0.1) is 23.2 Å². The first-order valence-corrected chi connectivity index (χ1v) is 13.5. The summed E-state index contributed by atoms with van der Waals surface area (Å²) in [5.41, 5.74) is 3.02. The molecule has 0 saturated heterocycles. The number of allylic oxidation sites excluding steroid dienone is 3. The van der Waals surface area contributed by atoms with E-state index < -0.39 is 6.10 Å². The van der Waals surface area contributed by atoms with Crippen LogP contribution >= 0.6 is 0 Å². The molecule has 6 nitrogen and oxygen atoms in total. The van der Waals surface area contributed by atoms with Crippen molar-refractivity contribution < 1.29 is 28.6 Å². The predicted octanol–water partition coefficient (Wildman–Crippen LogP) is 6.66. The number of carbonyl (C=O) groups excluding carboxylic acids is 3. The van der Waals surface area contributed by atoms with Gasteiger partial charge in [-0.3, -0.25) is 14.4 Å². The highest BCUT2D eigenvalue weighted by Crippen LogP contribution is 2.54. The number of carbonyl (C=O) groups is 3. The van der Waals surface area contributed by atoms with Gasteiger partial charge in [0, 0.05) is 33.1 Å². The molecule has 2 aliphatic rings. The highest BCUT2D eigenvalue weighted by atomic mass is 16.5. The van der Waals surface area contributed by atoms with E-state index in [1.807, 2.05) is 19.1 Å². The van der Waals surface area contributed by atoms with Gasteiger partial charge in [-0.1, -0.05) is 56.7 Å². The van der Waals surface area contributed by atoms with Gasteiger partial charge in [-0.05, 0) is 67.9 Å². The molecule has 6 heteroatoms. The normalized spacial score (nSPS) is 33.0. The largest absolute Gasteiger partial charge is 0.462 e. The fourth-order valence-electron chi connectivity index (χ4n) is 5.90. The third kappa shape index (κ3) is 9.64. The highest BCUT2D eigenvalue weighted by Gasteiger charge is 2.51. The van der Waals surface area contributed by atoms with E-state index in [1.165, 1.54) is 26.3 Å². The molecule has 0 aromatic rings. The van der Waals surface area contributed by atoms with Crippen molar-refractivity contribution in [1.82, 2.24) is 0 Å². The Kier molecular flexibility index (Phi) is 11.4. The van der Waals surface area contributed by atoms with Crippen LogP contribution in [-0.2, 0) is 28.6 Å². The van der Waals surface area contributed by atoms with Crippen molar-refractivity contribution in [2.24, 2.45) is 23.2 Å². The maximum atomic E-state index is 12.0. The average Bonchev–Trinajstić information content (AvgIpc) is 3.03. The van der Waals surface area contributed by atoms with Gasteiger partial charge in [0.05, 0.1) is 0 Å². The van der Waals surface area contributed by atoms with Crippen LogP contribution in [0.1, 0.15) is 87.0 Å². The van der Waals surface area contributed by atoms with E-state index in [9.17, 15) is 14.4 Å². The van der Waals surface area contributed by atoms with Gasteiger partial charge < -0.3 is 14.2 Å². The lowest BCUT2D eigenvalue weighted by molar-refractivity contribution is -0.149. The van der Waals surface area contributed by atoms with Gasteiger partial charge in [-0.25, -0.2) is 0 Å². The summed E-state index contributed by atoms with van der Waals surface area (Å²) in [6.07, 6.45) is 12.6. The van der Waals surface area contributed by atoms with Crippen LogP contribution in [0.5, 0.6) is 0 Å². The van der Waals surface area contributed by atoms with E-state index >= 15 is 0 Å². The zero-order chi connectivity index (χ0) is 27.8. The topological polar surface area (TPSA) is 78.9 Å². The van der Waals surface area contributed by atoms with Crippen molar-refractivity contribution in [1.29, 1.82) is 0 Å². The zero-order valence-electron chi connectivity index (χ0n) is 23.8. The molecule has 0 amide bonds. The Bertz CT molecular complexity index is 939. The van der Waals surface area contributed by atoms with Gasteiger partial charge in [0.1, 0.15) is 18.8 Å². The van der Waals surface area contributed by atoms with Gasteiger partial charge in [0.2, 0.25) is 0 Å². The molecule has 0 heterocycles. The first-order valence-electron chi connectivity index (χ1n) is 13.5. The number of fused-ring (bicyclic) bond motifs is 1. The van der Waals surface area contributed by atoms with Gasteiger partial charge in [-0.15, -0.1) is 0 Å². The summed E-state index contributed by atoms with van der Waals surface area (Å²) in [7, 11) is 0. The lowest BCUT2D eigenvalue weighted by Gasteiger charge is -2.34. The van der Waals surface area contributed by atoms with Crippen LogP contribution in [-0.4, -0.2) is 36.7 Å². The average molecular weight is 515 g/mol. The minimum Gasteiger partial charge on any atom is -0.462 e. The Balaban J connectivity index is 2.58. The lowest BCUT2D eigenvalue weighted by Crippen LogP contribution is -2.29. The molecule has 0 radical (unpaired) electrons. The van der Waals surface area contributed by atoms with Gasteiger partial charge in [0.25, 0.3) is 0 Å². The summed E-state index contributed by atoms with van der Waals surface area (Å²) in [6, 6.07) is 0. The Hall–Kier alpha value is -2.63. The van der Waals surface area contributed by atoms with Crippen LogP contribution in [0.25, 0.3) is 0 Å². The maximum Gasteiger partial charge on any atom is 0.303 e. The van der Waals surface area contributed by atoms with Crippen LogP contribution in [0.2, 0.25) is 0 Å². The molecule has 37 heavy (non-hydrogen) atoms. The first-order chi connectivity index (χ1) is 17.3. The van der Waals surface area contributed by atoms with Crippen molar-refractivity contribution in [3.8, 4) is 0 Å². The Morgan fingerprint density at radius 3 is 2.35 bits per heavy atom. The second-order valence-electron chi connectivity index (χ2n) is 11.4. The molecule has 0 N–H and O–H groups in total. The molecule has 0 aliphatic heterocycles. The molecule has 0 aromatic heterocycles. The van der Waals surface area contributed by atoms with Crippen molar-refractivity contribution in [2.75, 3.05) is 6.61 Å². The molecule has 1 fully saturated rings. The molecule has 0 spiro atoms. The molecular formula is C31H46O6. The summed E-state index contributed by atoms with van der Waals surface area (Å²) in [5, 5.41) is 0. The summed E-state index contributed by atoms with van der Waals surface area (Å²) in [4.78, 5) is 35.5. The van der Waals surface area contributed by atoms with Crippen LogP contribution in [0.4, 0.5) is 0 Å². The molecule has 206 valence electrons. The van der Waals surface area contributed by atoms with Crippen molar-refractivity contribution in [3.63, 3.8) is 0 Å². The second-order valence-corrected chi connectivity index (χ2v) is 11.4. The van der Waals surface area contributed by atoms with Crippen molar-refractivity contribution in [3.05, 3.63) is 47.6 Å². The van der Waals surface area contributed by atoms with E-state index in [4.69, 9.17) is 14.2 Å². The standard InChI is InChI=1S/C31H46O6/c1-20(2)30-28-13-12-26(19-35-23(5)32)17-27(36-24(6)33)16-22(4)11-9-10-21(3)14-15-31(28,8)18-29(30)37-25(7)34/h11-13,17,20,27-30H,3,9-10,14-16,18-19H2,1-2,4-8H3/b13-12-,22-11+,26-17-/t27-,28+,29+,30+,31+/m0/s1. The molecule has 0 aromatic carbocycles. The minimum atomic E-state index is -0.470. The summed E-state index contributed by atoms with van der Waals surface area (Å²) in [6.45, 7) is 17.4. The van der Waals surface area contributed by atoms with Crippen molar-refractivity contribution >= 4 is 17.9 Å². The maximum absolute atomic E-state index is 12.0. The van der Waals surface area contributed by atoms with Crippen LogP contribution in [0.15, 0.2) is 47.6 Å². The Morgan fingerprint density at radius 1 is 1.08 bits per heavy atom. The van der Waals surface area contributed by atoms with Crippen LogP contribution in [0.3, 0.4) is 0 Å². The summed E-state index contributed by atoms with van der Waals surface area (Å²) in [5.74, 6) is -0.392. The third-order valence-electron chi connectivity index (χ3n) is 7.64. The molecule has 0 unspecified atom stereocenters. The monoisotopic (exact) mass is 514 g/mol. The first kappa shape index (κ1) is 30.6. The van der Waals surface area contributed by atoms with E-state index in [0.717, 1.165) is 43.3 Å². The predicted molar refractivity (Wildman–Crippen MR) is 145 cm³/mol. The molecule has 0 bridgehead atoms. The smallest absolute Gasteiger partial charge is 0.303 e. The Morgan fingerprint density at radius 2 is 1.76 bits per heavy atom. The van der Waals surface area contributed by atoms with E-state index in [2.05, 4.69) is 39.5 Å². The molecule has 2 aliphatic carbocycles. The zero-order valence-corrected chi connectivity index (χ0v) is 23.8. The number of hydrogen-bond donors (Lipinski definition) is 0. The highest BCUT2D eigenvalue weighted by molar-refractivity contribution is 5.67. The third-order valence-corrected chi connectivity index (χ3v) is 7.64. The quantitative estimate of drug-likeness (QED) is 0.232. The van der Waals surface area contributed by atoms with E-state index in [-0.39, 0.29) is 47.9 Å². The SMILES string of the molecule is C=C1CC/C=C(\C)C[C@H](OC(C)=O)/C=C(COC(C)=O)/C=C\[C@@H]2[C@@H](C(C)C)[C@H](OC(C)=O)C[C@@]2(C)CC1. The number of hydrogen-bond acceptors (Lipinski definition) is 6. The number of ether oxygens (including phenoxy) is 3. The summed E-state index contributed by atoms with van der Waals surface area (Å²) >= 11 is 0. The lowest BCUT2D eigenvalue weighted by atomic mass is 9.71. The van der Waals surface area contributed by atoms with Gasteiger partial charge in [-0.2, -0.15) is 0 Å². The fraction of sp³-hybridized carbons (Fsp3) is 0.645. The van der Waals surface area contributed by atoms with E-state index in [0.29, 0.717) is 12.3 Å². The summed E-state index contributed by atoms with van der Waals surface area (Å²) < 4.78 is 16.8. The molecular weight excluding hydrogens is 468 g/mol. The van der Waals surface area contributed by atoms with Gasteiger partial charge >= 0.3 is 17.9 Å². The van der Waals surface area contributed by atoms with Gasteiger partial charge in [0.15, 0.2) is 0 Å². The molecule has 1 saturated carbocycles. The van der Waals surface area contributed by atoms with E-state index in [1.54, 1.807) is 0 Å². The fourth-order valence-corrected chi connectivity index (χ4v) is 5.90. The van der Waals surface area contributed by atoms with Crippen molar-refractivity contribution in [2.45, 2.75) is 99.2 Å². The number of esters is 3.